The molecule has 0 saturated carbocycles. The van der Waals surface area contributed by atoms with E-state index >= 15 is 0 Å². The minimum absolute atomic E-state index is 0.0952. The van der Waals surface area contributed by atoms with Crippen molar-refractivity contribution < 1.29 is 9.53 Å². The minimum atomic E-state index is -0.404. The summed E-state index contributed by atoms with van der Waals surface area (Å²) in [6.45, 7) is 0.489. The largest absolute Gasteiger partial charge is 0.489 e. The predicted octanol–water partition coefficient (Wildman–Crippen LogP) is 2.89. The fraction of sp³-hybridized carbons (Fsp3) is 0.0556. The van der Waals surface area contributed by atoms with Gasteiger partial charge in [0.05, 0.1) is 0 Å². The summed E-state index contributed by atoms with van der Waals surface area (Å²) in [6.07, 6.45) is 2.86. The number of benzene rings is 2. The molecule has 6 nitrogen and oxygen atoms in total. The van der Waals surface area contributed by atoms with Crippen molar-refractivity contribution in [2.75, 3.05) is 11.1 Å². The Balaban J connectivity index is 1.60. The van der Waals surface area contributed by atoms with Gasteiger partial charge in [0, 0.05) is 18.1 Å². The quantitative estimate of drug-likeness (QED) is 0.754. The number of nitrogens with one attached hydrogen (secondary N) is 1. The monoisotopic (exact) mass is 320 g/mol. The molecule has 2 aromatic carbocycles. The number of hydrogen-bond acceptors (Lipinski definition) is 5. The van der Waals surface area contributed by atoms with Crippen LogP contribution in [-0.2, 0) is 6.61 Å². The van der Waals surface area contributed by atoms with Gasteiger partial charge in [-0.05, 0) is 29.8 Å². The zero-order valence-corrected chi connectivity index (χ0v) is 12.8. The Labute approximate surface area is 139 Å². The first kappa shape index (κ1) is 15.5. The fourth-order valence-electron chi connectivity index (χ4n) is 2.09. The molecule has 6 heteroatoms. The molecule has 0 atom stereocenters. The first-order valence-corrected chi connectivity index (χ1v) is 7.37. The number of carbonyl (C=O) groups excluding carboxylic acids is 1. The molecule has 120 valence electrons. The van der Waals surface area contributed by atoms with E-state index in [4.69, 9.17) is 10.5 Å². The van der Waals surface area contributed by atoms with Crippen molar-refractivity contribution in [1.29, 1.82) is 0 Å². The average Bonchev–Trinajstić information content (AvgIpc) is 2.62. The average molecular weight is 320 g/mol. The van der Waals surface area contributed by atoms with E-state index in [0.717, 1.165) is 11.3 Å². The summed E-state index contributed by atoms with van der Waals surface area (Å²) in [5.41, 5.74) is 7.45. The van der Waals surface area contributed by atoms with Crippen molar-refractivity contribution in [2.24, 2.45) is 0 Å². The Morgan fingerprint density at radius 2 is 1.71 bits per heavy atom. The Bertz CT molecular complexity index is 820. The van der Waals surface area contributed by atoms with Gasteiger partial charge in [0.1, 0.15) is 12.4 Å². The van der Waals surface area contributed by atoms with Gasteiger partial charge < -0.3 is 15.8 Å². The number of nitrogens with zero attached hydrogens (tertiary/aromatic N) is 2. The van der Waals surface area contributed by atoms with Crippen molar-refractivity contribution in [3.8, 4) is 5.75 Å². The normalized spacial score (nSPS) is 10.2. The standard InChI is InChI=1S/C18H16N4O2/c19-17-16(20-10-11-21-17)18(23)22-14-6-8-15(9-7-14)24-12-13-4-2-1-3-5-13/h1-11H,12H2,(H2,19,21)(H,22,23). The van der Waals surface area contributed by atoms with E-state index in [0.29, 0.717) is 12.3 Å². The number of ether oxygens (including phenoxy) is 1. The van der Waals surface area contributed by atoms with Gasteiger partial charge in [-0.1, -0.05) is 30.3 Å². The van der Waals surface area contributed by atoms with Gasteiger partial charge >= 0.3 is 0 Å². The predicted molar refractivity (Wildman–Crippen MR) is 91.6 cm³/mol. The van der Waals surface area contributed by atoms with Crippen LogP contribution in [0.3, 0.4) is 0 Å². The molecule has 3 aromatic rings. The van der Waals surface area contributed by atoms with Crippen LogP contribution >= 0.6 is 0 Å². The van der Waals surface area contributed by atoms with E-state index in [2.05, 4.69) is 15.3 Å². The zero-order chi connectivity index (χ0) is 16.8. The van der Waals surface area contributed by atoms with E-state index < -0.39 is 5.91 Å². The maximum atomic E-state index is 12.1. The number of anilines is 2. The maximum absolute atomic E-state index is 12.1. The van der Waals surface area contributed by atoms with Crippen LogP contribution in [0.1, 0.15) is 16.1 Å². The second-order valence-electron chi connectivity index (χ2n) is 5.04. The first-order valence-electron chi connectivity index (χ1n) is 7.37. The lowest BCUT2D eigenvalue weighted by atomic mass is 10.2. The molecule has 0 aliphatic heterocycles. The van der Waals surface area contributed by atoms with Gasteiger partial charge in [-0.2, -0.15) is 0 Å². The third-order valence-corrected chi connectivity index (χ3v) is 3.30. The molecule has 0 spiro atoms. The van der Waals surface area contributed by atoms with E-state index in [1.807, 2.05) is 30.3 Å². The molecular weight excluding hydrogens is 304 g/mol. The summed E-state index contributed by atoms with van der Waals surface area (Å²) in [5, 5.41) is 2.72. The lowest BCUT2D eigenvalue weighted by molar-refractivity contribution is 0.102. The summed E-state index contributed by atoms with van der Waals surface area (Å²) >= 11 is 0. The van der Waals surface area contributed by atoms with Crippen LogP contribution in [-0.4, -0.2) is 15.9 Å². The highest BCUT2D eigenvalue weighted by molar-refractivity contribution is 6.05. The Hall–Kier alpha value is -3.41. The summed E-state index contributed by atoms with van der Waals surface area (Å²) in [7, 11) is 0. The molecule has 0 unspecified atom stereocenters. The van der Waals surface area contributed by atoms with Crippen molar-refractivity contribution in [3.63, 3.8) is 0 Å². The molecule has 1 heterocycles. The van der Waals surface area contributed by atoms with Gasteiger partial charge in [-0.25, -0.2) is 9.97 Å². The van der Waals surface area contributed by atoms with Crippen molar-refractivity contribution in [3.05, 3.63) is 78.2 Å². The number of rotatable bonds is 5. The number of aromatic nitrogens is 2. The Kier molecular flexibility index (Phi) is 4.67. The van der Waals surface area contributed by atoms with E-state index in [9.17, 15) is 4.79 Å². The fourth-order valence-corrected chi connectivity index (χ4v) is 2.09. The van der Waals surface area contributed by atoms with Gasteiger partial charge in [0.25, 0.3) is 5.91 Å². The van der Waals surface area contributed by atoms with Crippen LogP contribution in [0.2, 0.25) is 0 Å². The molecule has 0 bridgehead atoms. The third kappa shape index (κ3) is 3.86. The molecule has 0 radical (unpaired) electrons. The smallest absolute Gasteiger partial charge is 0.278 e. The molecule has 1 amide bonds. The number of nitrogens with two attached hydrogens (primary N) is 1. The van der Waals surface area contributed by atoms with Crippen LogP contribution in [0.5, 0.6) is 5.75 Å². The highest BCUT2D eigenvalue weighted by Gasteiger charge is 2.12. The number of carbonyl (C=O) groups is 1. The highest BCUT2D eigenvalue weighted by atomic mass is 16.5. The summed E-state index contributed by atoms with van der Waals surface area (Å²) in [4.78, 5) is 19.9. The van der Waals surface area contributed by atoms with Crippen molar-refractivity contribution in [2.45, 2.75) is 6.61 Å². The van der Waals surface area contributed by atoms with Gasteiger partial charge in [0.2, 0.25) is 0 Å². The van der Waals surface area contributed by atoms with Crippen LogP contribution < -0.4 is 15.8 Å². The van der Waals surface area contributed by atoms with Crippen LogP contribution in [0.25, 0.3) is 0 Å². The number of nitrogen functional groups attached to an aromatic ring is 1. The van der Waals surface area contributed by atoms with E-state index in [1.165, 1.54) is 12.4 Å². The number of hydrogen-bond donors (Lipinski definition) is 2. The Morgan fingerprint density at radius 3 is 2.42 bits per heavy atom. The number of amides is 1. The van der Waals surface area contributed by atoms with Gasteiger partial charge in [-0.15, -0.1) is 0 Å². The maximum Gasteiger partial charge on any atom is 0.278 e. The molecule has 3 N–H and O–H groups in total. The summed E-state index contributed by atoms with van der Waals surface area (Å²) in [6, 6.07) is 17.0. The van der Waals surface area contributed by atoms with E-state index in [-0.39, 0.29) is 11.5 Å². The van der Waals surface area contributed by atoms with Crippen LogP contribution in [0, 0.1) is 0 Å². The molecule has 3 rings (SSSR count). The van der Waals surface area contributed by atoms with Gasteiger partial charge in [-0.3, -0.25) is 4.79 Å². The zero-order valence-electron chi connectivity index (χ0n) is 12.8. The second kappa shape index (κ2) is 7.23. The lowest BCUT2D eigenvalue weighted by Crippen LogP contribution is -2.16. The molecule has 24 heavy (non-hydrogen) atoms. The summed E-state index contributed by atoms with van der Waals surface area (Å²) in [5.74, 6) is 0.409. The molecular formula is C18H16N4O2. The highest BCUT2D eigenvalue weighted by Crippen LogP contribution is 2.18. The van der Waals surface area contributed by atoms with Crippen LogP contribution in [0.15, 0.2) is 67.0 Å². The molecule has 1 aromatic heterocycles. The topological polar surface area (TPSA) is 90.1 Å². The lowest BCUT2D eigenvalue weighted by Gasteiger charge is -2.09. The first-order chi connectivity index (χ1) is 11.7. The summed E-state index contributed by atoms with van der Waals surface area (Å²) < 4.78 is 5.70. The van der Waals surface area contributed by atoms with Gasteiger partial charge in [0.15, 0.2) is 11.5 Å². The van der Waals surface area contributed by atoms with Crippen molar-refractivity contribution in [1.82, 2.24) is 9.97 Å². The molecule has 0 aliphatic carbocycles. The Morgan fingerprint density at radius 1 is 1.00 bits per heavy atom. The minimum Gasteiger partial charge on any atom is -0.489 e. The van der Waals surface area contributed by atoms with E-state index in [1.54, 1.807) is 24.3 Å². The third-order valence-electron chi connectivity index (χ3n) is 3.30. The SMILES string of the molecule is Nc1nccnc1C(=O)Nc1ccc(OCc2ccccc2)cc1. The second-order valence-corrected chi connectivity index (χ2v) is 5.04. The molecule has 0 aliphatic rings. The van der Waals surface area contributed by atoms with Crippen molar-refractivity contribution >= 4 is 17.4 Å². The molecule has 0 fully saturated rings. The molecule has 0 saturated heterocycles. The van der Waals surface area contributed by atoms with Crippen LogP contribution in [0.4, 0.5) is 11.5 Å².